The molecule has 0 aliphatic heterocycles. The van der Waals surface area contributed by atoms with Crippen molar-refractivity contribution in [3.63, 3.8) is 0 Å². The van der Waals surface area contributed by atoms with E-state index in [-0.39, 0.29) is 17.7 Å². The molecule has 8 nitrogen and oxygen atoms in total. The SMILES string of the molecule is CCCc1c(Cc2ccc(-c3ccccc3C#N)cc2)c(=O)n([C@H]2C[C@H](OCC(O)(CC)CC)C2)c2ncnn12. The summed E-state index contributed by atoms with van der Waals surface area (Å²) in [5.74, 6) is 0.572. The fourth-order valence-electron chi connectivity index (χ4n) is 5.53. The van der Waals surface area contributed by atoms with Crippen LogP contribution in [0.4, 0.5) is 0 Å². The summed E-state index contributed by atoms with van der Waals surface area (Å²) < 4.78 is 9.66. The van der Waals surface area contributed by atoms with E-state index in [9.17, 15) is 15.2 Å². The van der Waals surface area contributed by atoms with Gasteiger partial charge in [-0.15, -0.1) is 0 Å². The second kappa shape index (κ2) is 11.7. The van der Waals surface area contributed by atoms with Crippen LogP contribution in [0.5, 0.6) is 0 Å². The Morgan fingerprint density at radius 2 is 1.82 bits per heavy atom. The van der Waals surface area contributed by atoms with Crippen LogP contribution in [0.3, 0.4) is 0 Å². The predicted octanol–water partition coefficient (Wildman–Crippen LogP) is 5.24. The molecule has 1 aliphatic carbocycles. The second-order valence-electron chi connectivity index (χ2n) is 10.8. The number of ether oxygens (including phenoxy) is 1. The van der Waals surface area contributed by atoms with E-state index in [2.05, 4.69) is 23.1 Å². The van der Waals surface area contributed by atoms with Crippen LogP contribution in [0.15, 0.2) is 59.7 Å². The summed E-state index contributed by atoms with van der Waals surface area (Å²) in [6.45, 7) is 6.34. The summed E-state index contributed by atoms with van der Waals surface area (Å²) in [5, 5.41) is 24.6. The van der Waals surface area contributed by atoms with Gasteiger partial charge in [-0.05, 0) is 54.9 Å². The van der Waals surface area contributed by atoms with E-state index in [4.69, 9.17) is 4.74 Å². The van der Waals surface area contributed by atoms with Gasteiger partial charge in [0.25, 0.3) is 5.56 Å². The number of benzene rings is 2. The van der Waals surface area contributed by atoms with E-state index in [1.54, 1.807) is 4.57 Å². The summed E-state index contributed by atoms with van der Waals surface area (Å²) >= 11 is 0. The number of aromatic nitrogens is 4. The van der Waals surface area contributed by atoms with Crippen molar-refractivity contribution in [2.24, 2.45) is 0 Å². The van der Waals surface area contributed by atoms with E-state index in [0.717, 1.165) is 40.8 Å². The number of rotatable bonds is 11. The molecule has 0 unspecified atom stereocenters. The molecule has 40 heavy (non-hydrogen) atoms. The maximum absolute atomic E-state index is 14.1. The Bertz CT molecular complexity index is 1570. The first kappa shape index (κ1) is 27.8. The number of hydrogen-bond donors (Lipinski definition) is 1. The third-order valence-electron chi connectivity index (χ3n) is 8.35. The fraction of sp³-hybridized carbons (Fsp3) is 0.438. The van der Waals surface area contributed by atoms with Gasteiger partial charge in [0.15, 0.2) is 0 Å². The van der Waals surface area contributed by atoms with E-state index < -0.39 is 5.60 Å². The third kappa shape index (κ3) is 5.32. The molecule has 0 amide bonds. The zero-order valence-corrected chi connectivity index (χ0v) is 23.5. The average Bonchev–Trinajstić information content (AvgIpc) is 3.45. The van der Waals surface area contributed by atoms with Crippen molar-refractivity contribution >= 4 is 5.78 Å². The molecule has 2 heterocycles. The molecule has 0 bridgehead atoms. The summed E-state index contributed by atoms with van der Waals surface area (Å²) in [4.78, 5) is 18.5. The number of fused-ring (bicyclic) bond motifs is 1. The molecule has 0 spiro atoms. The Morgan fingerprint density at radius 3 is 2.50 bits per heavy atom. The maximum Gasteiger partial charge on any atom is 0.259 e. The van der Waals surface area contributed by atoms with Crippen LogP contribution in [0, 0.1) is 11.3 Å². The molecular weight excluding hydrogens is 502 g/mol. The van der Waals surface area contributed by atoms with Gasteiger partial charge in [-0.25, -0.2) is 4.52 Å². The summed E-state index contributed by atoms with van der Waals surface area (Å²) in [6.07, 6.45) is 6.31. The lowest BCUT2D eigenvalue weighted by Crippen LogP contribution is -2.43. The standard InChI is InChI=1S/C32H37N5O3/c1-4-9-29-28(16-22-12-14-23(15-13-22)27-11-8-7-10-24(27)19-33)30(38)36(31-34-21-35-37(29)31)25-17-26(18-25)40-20-32(39,5-2)6-3/h7-8,10-15,21,25-26,39H,4-6,9,16-18,20H2,1-3H3/t25-,26-. The van der Waals surface area contributed by atoms with E-state index in [1.165, 1.54) is 6.33 Å². The molecule has 2 aromatic carbocycles. The Morgan fingerprint density at radius 1 is 1.10 bits per heavy atom. The third-order valence-corrected chi connectivity index (χ3v) is 8.35. The van der Waals surface area contributed by atoms with Crippen LogP contribution in [0.2, 0.25) is 0 Å². The normalized spacial score (nSPS) is 17.1. The molecule has 5 rings (SSSR count). The van der Waals surface area contributed by atoms with Crippen molar-refractivity contribution in [1.82, 2.24) is 19.2 Å². The highest BCUT2D eigenvalue weighted by molar-refractivity contribution is 5.70. The van der Waals surface area contributed by atoms with Crippen LogP contribution < -0.4 is 5.56 Å². The average molecular weight is 540 g/mol. The van der Waals surface area contributed by atoms with E-state index in [1.807, 2.05) is 66.9 Å². The molecule has 2 aromatic heterocycles. The van der Waals surface area contributed by atoms with E-state index in [0.29, 0.717) is 50.1 Å². The minimum atomic E-state index is -0.802. The highest BCUT2D eigenvalue weighted by Crippen LogP contribution is 2.36. The van der Waals surface area contributed by atoms with Crippen LogP contribution in [0.1, 0.15) is 81.3 Å². The number of nitriles is 1. The molecule has 0 atom stereocenters. The first-order chi connectivity index (χ1) is 19.4. The van der Waals surface area contributed by atoms with E-state index >= 15 is 0 Å². The Kier molecular flexibility index (Phi) is 8.15. The van der Waals surface area contributed by atoms with Crippen molar-refractivity contribution < 1.29 is 9.84 Å². The van der Waals surface area contributed by atoms with Gasteiger partial charge in [0.2, 0.25) is 5.78 Å². The molecule has 208 valence electrons. The van der Waals surface area contributed by atoms with Gasteiger partial charge in [0.1, 0.15) is 6.33 Å². The maximum atomic E-state index is 14.1. The van der Waals surface area contributed by atoms with Gasteiger partial charge >= 0.3 is 0 Å². The molecular formula is C32H37N5O3. The number of aryl methyl sites for hydroxylation is 1. The Balaban J connectivity index is 1.43. The summed E-state index contributed by atoms with van der Waals surface area (Å²) in [7, 11) is 0. The molecule has 1 fully saturated rings. The first-order valence-corrected chi connectivity index (χ1v) is 14.3. The van der Waals surface area contributed by atoms with Crippen LogP contribution in [-0.2, 0) is 17.6 Å². The van der Waals surface area contributed by atoms with Gasteiger partial charge in [-0.1, -0.05) is 69.7 Å². The molecule has 0 radical (unpaired) electrons. The zero-order chi connectivity index (χ0) is 28.3. The smallest absolute Gasteiger partial charge is 0.259 e. The predicted molar refractivity (Wildman–Crippen MR) is 154 cm³/mol. The quantitative estimate of drug-likeness (QED) is 0.279. The lowest BCUT2D eigenvalue weighted by atomic mass is 9.88. The highest BCUT2D eigenvalue weighted by atomic mass is 16.5. The minimum Gasteiger partial charge on any atom is -0.388 e. The Hall–Kier alpha value is -3.80. The van der Waals surface area contributed by atoms with Crippen molar-refractivity contribution in [2.45, 2.75) is 83.5 Å². The Labute approximate surface area is 234 Å². The molecule has 8 heteroatoms. The highest BCUT2D eigenvalue weighted by Gasteiger charge is 2.36. The topological polar surface area (TPSA) is 105 Å². The lowest BCUT2D eigenvalue weighted by molar-refractivity contribution is -0.106. The molecule has 1 saturated carbocycles. The van der Waals surface area contributed by atoms with Crippen molar-refractivity contribution in [3.05, 3.63) is 87.6 Å². The first-order valence-electron chi connectivity index (χ1n) is 14.3. The largest absolute Gasteiger partial charge is 0.388 e. The molecule has 1 aliphatic rings. The molecule has 1 N–H and O–H groups in total. The van der Waals surface area contributed by atoms with Crippen molar-refractivity contribution in [2.75, 3.05) is 6.61 Å². The lowest BCUT2D eigenvalue weighted by Gasteiger charge is -2.38. The summed E-state index contributed by atoms with van der Waals surface area (Å²) in [5.41, 5.74) is 4.33. The van der Waals surface area contributed by atoms with Gasteiger partial charge < -0.3 is 9.84 Å². The monoisotopic (exact) mass is 539 g/mol. The number of aliphatic hydroxyl groups is 1. The van der Waals surface area contributed by atoms with Gasteiger partial charge in [-0.2, -0.15) is 15.3 Å². The zero-order valence-electron chi connectivity index (χ0n) is 23.5. The van der Waals surface area contributed by atoms with Crippen LogP contribution in [0.25, 0.3) is 16.9 Å². The van der Waals surface area contributed by atoms with Crippen LogP contribution in [-0.4, -0.2) is 42.6 Å². The second-order valence-corrected chi connectivity index (χ2v) is 10.8. The van der Waals surface area contributed by atoms with Gasteiger partial charge in [-0.3, -0.25) is 9.36 Å². The number of hydrogen-bond acceptors (Lipinski definition) is 6. The van der Waals surface area contributed by atoms with Gasteiger partial charge in [0.05, 0.1) is 35.6 Å². The van der Waals surface area contributed by atoms with Crippen molar-refractivity contribution in [1.29, 1.82) is 5.26 Å². The molecule has 4 aromatic rings. The van der Waals surface area contributed by atoms with Crippen LogP contribution >= 0.6 is 0 Å². The van der Waals surface area contributed by atoms with Crippen molar-refractivity contribution in [3.8, 4) is 17.2 Å². The van der Waals surface area contributed by atoms with Gasteiger partial charge in [0, 0.05) is 18.0 Å². The summed E-state index contributed by atoms with van der Waals surface area (Å²) in [6, 6.07) is 17.9. The fourth-order valence-corrected chi connectivity index (χ4v) is 5.53. The minimum absolute atomic E-state index is 0.00657. The number of nitrogens with zero attached hydrogens (tertiary/aromatic N) is 5. The molecule has 0 saturated heterocycles.